The molecule has 21 heavy (non-hydrogen) atoms. The van der Waals surface area contributed by atoms with Gasteiger partial charge in [-0.15, -0.1) is 0 Å². The molecule has 1 heterocycles. The van der Waals surface area contributed by atoms with E-state index < -0.39 is 5.69 Å². The number of hydrazine groups is 1. The van der Waals surface area contributed by atoms with Gasteiger partial charge < -0.3 is 10.2 Å². The van der Waals surface area contributed by atoms with Crippen molar-refractivity contribution in [3.8, 4) is 22.9 Å². The van der Waals surface area contributed by atoms with E-state index in [0.717, 1.165) is 6.42 Å². The number of aromatic nitrogens is 3. The molecule has 0 spiro atoms. The highest BCUT2D eigenvalue weighted by molar-refractivity contribution is 5.61. The molecule has 0 unspecified atom stereocenters. The molecule has 0 bridgehead atoms. The van der Waals surface area contributed by atoms with E-state index in [-0.39, 0.29) is 17.4 Å². The summed E-state index contributed by atoms with van der Waals surface area (Å²) >= 11 is 0. The molecular formula is C13H17N5O3. The van der Waals surface area contributed by atoms with Gasteiger partial charge in [0, 0.05) is 19.2 Å². The van der Waals surface area contributed by atoms with Crippen LogP contribution < -0.4 is 16.5 Å². The molecule has 0 fully saturated rings. The third kappa shape index (κ3) is 2.95. The maximum atomic E-state index is 11.9. The highest BCUT2D eigenvalue weighted by atomic mass is 16.3. The van der Waals surface area contributed by atoms with Crippen LogP contribution in [0.15, 0.2) is 23.0 Å². The summed E-state index contributed by atoms with van der Waals surface area (Å²) in [5, 5.41) is 20.2. The minimum atomic E-state index is -0.505. The molecule has 0 aliphatic heterocycles. The predicted octanol–water partition coefficient (Wildman–Crippen LogP) is 0.344. The number of phenolic OH excluding ortho intramolecular Hbond substituents is 2. The van der Waals surface area contributed by atoms with Crippen LogP contribution in [-0.2, 0) is 7.05 Å². The molecule has 4 N–H and O–H groups in total. The first-order chi connectivity index (χ1) is 9.93. The molecule has 8 nitrogen and oxygen atoms in total. The van der Waals surface area contributed by atoms with E-state index in [1.165, 1.54) is 28.8 Å². The molecule has 0 aliphatic rings. The van der Waals surface area contributed by atoms with E-state index in [2.05, 4.69) is 9.97 Å². The van der Waals surface area contributed by atoms with Crippen molar-refractivity contribution in [2.75, 3.05) is 11.6 Å². The van der Waals surface area contributed by atoms with Gasteiger partial charge >= 0.3 is 5.69 Å². The average molecular weight is 291 g/mol. The molecule has 2 aromatic rings. The van der Waals surface area contributed by atoms with E-state index >= 15 is 0 Å². The first kappa shape index (κ1) is 14.8. The third-order valence-corrected chi connectivity index (χ3v) is 2.96. The van der Waals surface area contributed by atoms with Crippen LogP contribution in [-0.4, -0.2) is 31.3 Å². The van der Waals surface area contributed by atoms with Crippen LogP contribution >= 0.6 is 0 Å². The molecule has 8 heteroatoms. The maximum Gasteiger partial charge on any atom is 0.352 e. The smallest absolute Gasteiger partial charge is 0.352 e. The number of rotatable bonds is 4. The van der Waals surface area contributed by atoms with E-state index in [9.17, 15) is 15.0 Å². The first-order valence-corrected chi connectivity index (χ1v) is 6.43. The second-order valence-corrected chi connectivity index (χ2v) is 4.59. The molecule has 0 saturated carbocycles. The van der Waals surface area contributed by atoms with Crippen molar-refractivity contribution in [1.82, 2.24) is 14.5 Å². The fourth-order valence-corrected chi connectivity index (χ4v) is 1.84. The Bertz CT molecular complexity index is 713. The quantitative estimate of drug-likeness (QED) is 0.422. The number of nitrogens with zero attached hydrogens (tertiary/aromatic N) is 4. The lowest BCUT2D eigenvalue weighted by Gasteiger charge is -2.17. The highest BCUT2D eigenvalue weighted by Gasteiger charge is 2.13. The van der Waals surface area contributed by atoms with Crippen molar-refractivity contribution in [3.05, 3.63) is 28.7 Å². The Morgan fingerprint density at radius 1 is 1.29 bits per heavy atom. The molecule has 0 amide bonds. The summed E-state index contributed by atoms with van der Waals surface area (Å²) in [6, 6.07) is 4.19. The van der Waals surface area contributed by atoms with E-state index in [1.54, 1.807) is 6.07 Å². The fourth-order valence-electron chi connectivity index (χ4n) is 1.84. The van der Waals surface area contributed by atoms with Crippen LogP contribution in [0.4, 0.5) is 5.95 Å². The molecule has 0 aliphatic carbocycles. The zero-order valence-corrected chi connectivity index (χ0v) is 11.8. The van der Waals surface area contributed by atoms with Crippen LogP contribution in [0, 0.1) is 0 Å². The van der Waals surface area contributed by atoms with Crippen molar-refractivity contribution in [2.24, 2.45) is 12.9 Å². The van der Waals surface area contributed by atoms with Crippen LogP contribution in [0.1, 0.15) is 13.3 Å². The zero-order valence-electron chi connectivity index (χ0n) is 11.8. The number of benzene rings is 1. The van der Waals surface area contributed by atoms with Gasteiger partial charge in [-0.25, -0.2) is 10.6 Å². The normalized spacial score (nSPS) is 10.6. The monoisotopic (exact) mass is 291 g/mol. The number of anilines is 1. The van der Waals surface area contributed by atoms with Gasteiger partial charge in [-0.2, -0.15) is 9.97 Å². The zero-order chi connectivity index (χ0) is 15.6. The number of hydrogen-bond acceptors (Lipinski definition) is 7. The number of nitrogens with two attached hydrogens (primary N) is 1. The topological polar surface area (TPSA) is 117 Å². The summed E-state index contributed by atoms with van der Waals surface area (Å²) in [6.45, 7) is 2.45. The second kappa shape index (κ2) is 5.80. The summed E-state index contributed by atoms with van der Waals surface area (Å²) < 4.78 is 1.25. The lowest BCUT2D eigenvalue weighted by Crippen LogP contribution is -2.36. The molecule has 1 aromatic heterocycles. The summed E-state index contributed by atoms with van der Waals surface area (Å²) in [5.74, 6) is 5.67. The fraction of sp³-hybridized carbons (Fsp3) is 0.308. The van der Waals surface area contributed by atoms with Gasteiger partial charge in [0.05, 0.1) is 0 Å². The molecule has 1 aromatic carbocycles. The van der Waals surface area contributed by atoms with Gasteiger partial charge in [-0.3, -0.25) is 9.58 Å². The standard InChI is InChI=1S/C13H17N5O3/c1-3-6-18(14)12-15-11(17(2)13(21)16-12)8-4-5-9(19)10(20)7-8/h4-5,7,19-20H,3,6,14H2,1-2H3. The third-order valence-electron chi connectivity index (χ3n) is 2.96. The first-order valence-electron chi connectivity index (χ1n) is 6.43. The van der Waals surface area contributed by atoms with E-state index in [1.807, 2.05) is 6.92 Å². The molecule has 0 radical (unpaired) electrons. The summed E-state index contributed by atoms with van der Waals surface area (Å²) in [4.78, 5) is 20.0. The van der Waals surface area contributed by atoms with E-state index in [4.69, 9.17) is 5.84 Å². The van der Waals surface area contributed by atoms with Gasteiger partial charge in [-0.1, -0.05) is 6.92 Å². The van der Waals surface area contributed by atoms with Crippen molar-refractivity contribution < 1.29 is 10.2 Å². The number of hydrogen-bond donors (Lipinski definition) is 3. The summed E-state index contributed by atoms with van der Waals surface area (Å²) in [6.07, 6.45) is 0.782. The number of aromatic hydroxyl groups is 2. The van der Waals surface area contributed by atoms with Crippen molar-refractivity contribution >= 4 is 5.95 Å². The minimum Gasteiger partial charge on any atom is -0.504 e. The minimum absolute atomic E-state index is 0.113. The van der Waals surface area contributed by atoms with Crippen molar-refractivity contribution in [3.63, 3.8) is 0 Å². The van der Waals surface area contributed by atoms with Crippen LogP contribution in [0.25, 0.3) is 11.4 Å². The Balaban J connectivity index is 2.56. The molecule has 0 atom stereocenters. The van der Waals surface area contributed by atoms with Crippen LogP contribution in [0.3, 0.4) is 0 Å². The Kier molecular flexibility index (Phi) is 4.08. The van der Waals surface area contributed by atoms with Gasteiger partial charge in [-0.05, 0) is 24.6 Å². The molecule has 112 valence electrons. The lowest BCUT2D eigenvalue weighted by molar-refractivity contribution is 0.404. The summed E-state index contributed by atoms with van der Waals surface area (Å²) in [5.41, 5.74) is -0.0347. The number of phenols is 2. The Hall–Kier alpha value is -2.61. The van der Waals surface area contributed by atoms with E-state index in [0.29, 0.717) is 17.9 Å². The van der Waals surface area contributed by atoms with Crippen LogP contribution in [0.5, 0.6) is 11.5 Å². The summed E-state index contributed by atoms with van der Waals surface area (Å²) in [7, 11) is 1.52. The van der Waals surface area contributed by atoms with Crippen molar-refractivity contribution in [1.29, 1.82) is 0 Å². The lowest BCUT2D eigenvalue weighted by atomic mass is 10.2. The Morgan fingerprint density at radius 3 is 2.62 bits per heavy atom. The van der Waals surface area contributed by atoms with Crippen molar-refractivity contribution in [2.45, 2.75) is 13.3 Å². The van der Waals surface area contributed by atoms with Gasteiger partial charge in [0.2, 0.25) is 5.95 Å². The van der Waals surface area contributed by atoms with Gasteiger partial charge in [0.15, 0.2) is 11.5 Å². The highest BCUT2D eigenvalue weighted by Crippen LogP contribution is 2.29. The second-order valence-electron chi connectivity index (χ2n) is 4.59. The predicted molar refractivity (Wildman–Crippen MR) is 77.9 cm³/mol. The van der Waals surface area contributed by atoms with Gasteiger partial charge in [0.25, 0.3) is 0 Å². The SMILES string of the molecule is CCCN(N)c1nc(-c2ccc(O)c(O)c2)n(C)c(=O)n1. The molecule has 0 saturated heterocycles. The Labute approximate surface area is 121 Å². The molecular weight excluding hydrogens is 274 g/mol. The van der Waals surface area contributed by atoms with Gasteiger partial charge in [0.1, 0.15) is 5.82 Å². The van der Waals surface area contributed by atoms with Crippen LogP contribution in [0.2, 0.25) is 0 Å². The Morgan fingerprint density at radius 2 is 2.00 bits per heavy atom. The largest absolute Gasteiger partial charge is 0.504 e. The average Bonchev–Trinajstić information content (AvgIpc) is 2.45. The maximum absolute atomic E-state index is 11.9. The molecule has 2 rings (SSSR count).